The summed E-state index contributed by atoms with van der Waals surface area (Å²) in [7, 11) is 2.72. The Morgan fingerprint density at radius 2 is 1.74 bits per heavy atom. The largest absolute Gasteiger partial charge is 0.497 e. The number of nitrogens with zero attached hydrogens (tertiary/aromatic N) is 7. The van der Waals surface area contributed by atoms with Crippen molar-refractivity contribution in [1.82, 2.24) is 33.7 Å². The van der Waals surface area contributed by atoms with Crippen molar-refractivity contribution in [3.63, 3.8) is 0 Å². The van der Waals surface area contributed by atoms with Crippen LogP contribution in [0.5, 0.6) is 17.2 Å². The van der Waals surface area contributed by atoms with Gasteiger partial charge in [0.05, 0.1) is 55.9 Å². The van der Waals surface area contributed by atoms with E-state index < -0.39 is 10.0 Å². The molecule has 0 aliphatic rings. The van der Waals surface area contributed by atoms with Gasteiger partial charge < -0.3 is 19.5 Å². The van der Waals surface area contributed by atoms with Gasteiger partial charge >= 0.3 is 0 Å². The van der Waals surface area contributed by atoms with Crippen LogP contribution in [-0.4, -0.2) is 76.7 Å². The molecule has 0 amide bonds. The molecule has 1 N–H and O–H groups in total. The third-order valence-electron chi connectivity index (χ3n) is 7.59. The molecule has 0 saturated carbocycles. The molecule has 0 unspecified atom stereocenters. The van der Waals surface area contributed by atoms with Crippen molar-refractivity contribution in [2.75, 3.05) is 39.9 Å². The zero-order valence-electron chi connectivity index (χ0n) is 25.7. The van der Waals surface area contributed by atoms with Crippen molar-refractivity contribution in [3.05, 3.63) is 83.4 Å². The van der Waals surface area contributed by atoms with Gasteiger partial charge in [-0.1, -0.05) is 17.7 Å². The molecule has 15 heteroatoms. The number of sulfonamides is 1. The zero-order chi connectivity index (χ0) is 32.6. The summed E-state index contributed by atoms with van der Waals surface area (Å²) in [6, 6.07) is 12.4. The molecule has 0 atom stereocenters. The molecule has 2 aromatic carbocycles. The SMILES string of the molecule is CNc1nn(-c2cc(Cl)c(CN(Cc3ccc(OC)cc3OC)S(C)(=O)=O)cc2OC)c2cc(-c3cnn4cccnc34)ncc12. The number of ether oxygens (including phenoxy) is 3. The van der Waals surface area contributed by atoms with Crippen LogP contribution in [0.1, 0.15) is 11.1 Å². The molecule has 0 aliphatic carbocycles. The standard InChI is InChI=1S/C31H31ClN8O5S/c1-33-30-23-15-35-25(22-16-36-39-10-6-9-34-31(22)39)14-26(23)40(37-30)27-13-24(32)20(11-29(27)45-4)18-38(46(5,41)42)17-19-7-8-21(43-2)12-28(19)44-3/h6-16H,17-18H2,1-5H3,(H,33,37). The highest BCUT2D eigenvalue weighted by atomic mass is 35.5. The molecule has 0 saturated heterocycles. The van der Waals surface area contributed by atoms with E-state index in [4.69, 9.17) is 30.9 Å². The summed E-state index contributed by atoms with van der Waals surface area (Å²) in [5.74, 6) is 2.15. The zero-order valence-corrected chi connectivity index (χ0v) is 27.3. The van der Waals surface area contributed by atoms with Crippen molar-refractivity contribution >= 4 is 44.0 Å². The van der Waals surface area contributed by atoms with Gasteiger partial charge in [-0.15, -0.1) is 5.10 Å². The van der Waals surface area contributed by atoms with Gasteiger partial charge in [0.25, 0.3) is 0 Å². The third-order valence-corrected chi connectivity index (χ3v) is 9.14. The Bertz CT molecular complexity index is 2180. The molecule has 0 radical (unpaired) electrons. The fraction of sp³-hybridized carbons (Fsp3) is 0.226. The lowest BCUT2D eigenvalue weighted by Gasteiger charge is -2.23. The molecule has 0 fully saturated rings. The molecule has 238 valence electrons. The number of benzene rings is 2. The highest BCUT2D eigenvalue weighted by Crippen LogP contribution is 2.36. The summed E-state index contributed by atoms with van der Waals surface area (Å²) in [5.41, 5.74) is 4.59. The number of aromatic nitrogens is 6. The first-order chi connectivity index (χ1) is 22.1. The van der Waals surface area contributed by atoms with E-state index >= 15 is 0 Å². The molecule has 4 aromatic heterocycles. The number of hydrogen-bond donors (Lipinski definition) is 1. The Labute approximate surface area is 270 Å². The van der Waals surface area contributed by atoms with E-state index in [1.54, 1.807) is 78.3 Å². The molecule has 0 aliphatic heterocycles. The monoisotopic (exact) mass is 662 g/mol. The average Bonchev–Trinajstić information content (AvgIpc) is 3.66. The normalized spacial score (nSPS) is 11.8. The first-order valence-corrected chi connectivity index (χ1v) is 16.3. The summed E-state index contributed by atoms with van der Waals surface area (Å²) in [6.07, 6.45) is 8.14. The Balaban J connectivity index is 1.41. The summed E-state index contributed by atoms with van der Waals surface area (Å²) >= 11 is 6.87. The third kappa shape index (κ3) is 5.77. The highest BCUT2D eigenvalue weighted by molar-refractivity contribution is 7.88. The molecule has 0 bridgehead atoms. The van der Waals surface area contributed by atoms with Crippen LogP contribution in [0, 0.1) is 0 Å². The molecular weight excluding hydrogens is 632 g/mol. The Morgan fingerprint density at radius 3 is 2.46 bits per heavy atom. The van der Waals surface area contributed by atoms with Gasteiger partial charge in [0.15, 0.2) is 11.5 Å². The minimum atomic E-state index is -3.67. The Hall–Kier alpha value is -4.92. The minimum absolute atomic E-state index is 0.0130. The van der Waals surface area contributed by atoms with Crippen LogP contribution in [0.4, 0.5) is 5.82 Å². The molecule has 13 nitrogen and oxygen atoms in total. The van der Waals surface area contributed by atoms with Gasteiger partial charge in [-0.05, 0) is 35.9 Å². The maximum Gasteiger partial charge on any atom is 0.211 e. The number of rotatable bonds is 11. The van der Waals surface area contributed by atoms with E-state index in [1.807, 2.05) is 12.3 Å². The van der Waals surface area contributed by atoms with Crippen LogP contribution in [-0.2, 0) is 23.1 Å². The maximum atomic E-state index is 13.0. The van der Waals surface area contributed by atoms with Gasteiger partial charge in [0.2, 0.25) is 10.0 Å². The van der Waals surface area contributed by atoms with Crippen LogP contribution in [0.15, 0.2) is 67.3 Å². The number of nitrogens with one attached hydrogen (secondary N) is 1. The van der Waals surface area contributed by atoms with Crippen molar-refractivity contribution in [3.8, 4) is 34.2 Å². The number of methoxy groups -OCH3 is 3. The number of anilines is 1. The topological polar surface area (TPSA) is 138 Å². The number of hydrogen-bond acceptors (Lipinski definition) is 10. The van der Waals surface area contributed by atoms with Crippen LogP contribution in [0.25, 0.3) is 33.5 Å². The average molecular weight is 663 g/mol. The van der Waals surface area contributed by atoms with E-state index in [2.05, 4.69) is 20.4 Å². The molecule has 0 spiro atoms. The van der Waals surface area contributed by atoms with Gasteiger partial charge in [-0.2, -0.15) is 9.40 Å². The van der Waals surface area contributed by atoms with E-state index in [1.165, 1.54) is 18.5 Å². The fourth-order valence-corrected chi connectivity index (χ4v) is 6.19. The summed E-state index contributed by atoms with van der Waals surface area (Å²) in [4.78, 5) is 9.14. The molecule has 6 rings (SSSR count). The lowest BCUT2D eigenvalue weighted by molar-refractivity contribution is 0.370. The van der Waals surface area contributed by atoms with Crippen molar-refractivity contribution in [1.29, 1.82) is 0 Å². The van der Waals surface area contributed by atoms with E-state index in [-0.39, 0.29) is 13.1 Å². The summed E-state index contributed by atoms with van der Waals surface area (Å²) in [5, 5.41) is 13.4. The van der Waals surface area contributed by atoms with E-state index in [0.29, 0.717) is 56.2 Å². The van der Waals surface area contributed by atoms with Crippen molar-refractivity contribution in [2.24, 2.45) is 0 Å². The molecular formula is C31H31ClN8O5S. The molecule has 46 heavy (non-hydrogen) atoms. The van der Waals surface area contributed by atoms with Gasteiger partial charge in [-0.3, -0.25) is 4.98 Å². The minimum Gasteiger partial charge on any atom is -0.497 e. The van der Waals surface area contributed by atoms with Gasteiger partial charge in [0.1, 0.15) is 22.9 Å². The predicted molar refractivity (Wildman–Crippen MR) is 176 cm³/mol. The first-order valence-electron chi connectivity index (χ1n) is 14.0. The first kappa shape index (κ1) is 31.1. The number of fused-ring (bicyclic) bond motifs is 2. The summed E-state index contributed by atoms with van der Waals surface area (Å²) in [6.45, 7) is 0.0385. The van der Waals surface area contributed by atoms with Crippen LogP contribution in [0.3, 0.4) is 0 Å². The van der Waals surface area contributed by atoms with Crippen molar-refractivity contribution < 1.29 is 22.6 Å². The van der Waals surface area contributed by atoms with E-state index in [9.17, 15) is 8.42 Å². The number of halogens is 1. The highest BCUT2D eigenvalue weighted by Gasteiger charge is 2.24. The Kier molecular flexibility index (Phi) is 8.42. The van der Waals surface area contributed by atoms with Crippen molar-refractivity contribution in [2.45, 2.75) is 13.1 Å². The van der Waals surface area contributed by atoms with Crippen LogP contribution >= 0.6 is 11.6 Å². The Morgan fingerprint density at radius 1 is 0.957 bits per heavy atom. The van der Waals surface area contributed by atoms with Crippen LogP contribution < -0.4 is 19.5 Å². The van der Waals surface area contributed by atoms with Gasteiger partial charge in [0, 0.05) is 55.4 Å². The van der Waals surface area contributed by atoms with Gasteiger partial charge in [-0.25, -0.2) is 22.6 Å². The quantitative estimate of drug-likeness (QED) is 0.206. The number of pyridine rings is 1. The molecule has 6 aromatic rings. The lowest BCUT2D eigenvalue weighted by atomic mass is 10.1. The smallest absolute Gasteiger partial charge is 0.211 e. The summed E-state index contributed by atoms with van der Waals surface area (Å²) < 4.78 is 47.2. The fourth-order valence-electron chi connectivity index (χ4n) is 5.22. The van der Waals surface area contributed by atoms with E-state index in [0.717, 1.165) is 22.7 Å². The van der Waals surface area contributed by atoms with Crippen LogP contribution in [0.2, 0.25) is 5.02 Å². The maximum absolute atomic E-state index is 13.0. The lowest BCUT2D eigenvalue weighted by Crippen LogP contribution is -2.29. The second-order valence-electron chi connectivity index (χ2n) is 10.4. The molecule has 4 heterocycles. The second kappa shape index (κ2) is 12.5. The second-order valence-corrected chi connectivity index (χ2v) is 12.8. The predicted octanol–water partition coefficient (Wildman–Crippen LogP) is 4.81.